The van der Waals surface area contributed by atoms with Crippen LogP contribution in [0.4, 0.5) is 4.79 Å². The quantitative estimate of drug-likeness (QED) is 0.463. The van der Waals surface area contributed by atoms with E-state index in [0.717, 1.165) is 15.3 Å². The van der Waals surface area contributed by atoms with Gasteiger partial charge in [0, 0.05) is 6.42 Å². The minimum atomic E-state index is -3.09. The third-order valence-corrected chi connectivity index (χ3v) is 11.1. The molecule has 2 aromatic rings. The number of benzene rings is 2. The second-order valence-corrected chi connectivity index (χ2v) is 15.0. The first-order chi connectivity index (χ1) is 16.3. The Morgan fingerprint density at radius 3 is 1.77 bits per heavy atom. The molecular weight excluding hydrogens is 462 g/mol. The Morgan fingerprint density at radius 2 is 1.37 bits per heavy atom. The van der Waals surface area contributed by atoms with Crippen molar-refractivity contribution in [2.75, 3.05) is 7.11 Å². The fourth-order valence-corrected chi connectivity index (χ4v) is 9.23. The van der Waals surface area contributed by atoms with E-state index in [4.69, 9.17) is 13.9 Å². The summed E-state index contributed by atoms with van der Waals surface area (Å²) in [6.07, 6.45) is -1.90. The molecule has 0 bridgehead atoms. The van der Waals surface area contributed by atoms with E-state index in [9.17, 15) is 14.4 Å². The Hall–Kier alpha value is -2.97. The van der Waals surface area contributed by atoms with Crippen LogP contribution in [0.3, 0.4) is 0 Å². The largest absolute Gasteiger partial charge is 0.467 e. The van der Waals surface area contributed by atoms with E-state index >= 15 is 0 Å². The van der Waals surface area contributed by atoms with E-state index in [1.165, 1.54) is 7.11 Å². The molecule has 1 fully saturated rings. The van der Waals surface area contributed by atoms with Gasteiger partial charge in [-0.1, -0.05) is 81.4 Å². The van der Waals surface area contributed by atoms with Crippen LogP contribution in [-0.4, -0.2) is 56.0 Å². The maximum atomic E-state index is 13.6. The van der Waals surface area contributed by atoms with Crippen molar-refractivity contribution in [1.29, 1.82) is 0 Å². The summed E-state index contributed by atoms with van der Waals surface area (Å²) in [4.78, 5) is 40.1. The van der Waals surface area contributed by atoms with Gasteiger partial charge in [0.25, 0.3) is 14.2 Å². The summed E-state index contributed by atoms with van der Waals surface area (Å²) in [6, 6.07) is 18.7. The maximum absolute atomic E-state index is 13.6. The zero-order chi connectivity index (χ0) is 26.0. The first kappa shape index (κ1) is 26.6. The summed E-state index contributed by atoms with van der Waals surface area (Å²) in [5, 5.41) is 1.62. The van der Waals surface area contributed by atoms with Crippen LogP contribution in [-0.2, 0) is 23.5 Å². The number of hydrogen-bond acceptors (Lipinski definition) is 6. The Bertz CT molecular complexity index is 1020. The van der Waals surface area contributed by atoms with Crippen LogP contribution in [0.1, 0.15) is 48.0 Å². The lowest BCUT2D eigenvalue weighted by Gasteiger charge is -2.44. The highest BCUT2D eigenvalue weighted by Crippen LogP contribution is 2.39. The predicted molar refractivity (Wildman–Crippen MR) is 136 cm³/mol. The number of carbonyl (C=O) groups excluding carboxylic acids is 3. The van der Waals surface area contributed by atoms with Crippen molar-refractivity contribution >= 4 is 36.7 Å². The molecule has 2 aromatic carbocycles. The average molecular weight is 498 g/mol. The van der Waals surface area contributed by atoms with E-state index in [1.807, 2.05) is 60.7 Å². The summed E-state index contributed by atoms with van der Waals surface area (Å²) in [5.41, 5.74) is -0.838. The molecule has 35 heavy (non-hydrogen) atoms. The Kier molecular flexibility index (Phi) is 7.57. The molecule has 0 N–H and O–H groups in total. The van der Waals surface area contributed by atoms with Crippen molar-refractivity contribution in [3.63, 3.8) is 0 Å². The zero-order valence-corrected chi connectivity index (χ0v) is 22.5. The van der Waals surface area contributed by atoms with Crippen LogP contribution >= 0.6 is 0 Å². The third kappa shape index (κ3) is 5.33. The topological polar surface area (TPSA) is 82.1 Å². The van der Waals surface area contributed by atoms with Gasteiger partial charge in [-0.25, -0.2) is 14.5 Å². The third-order valence-electron chi connectivity index (χ3n) is 6.06. The number of hydrogen-bond donors (Lipinski definition) is 0. The molecule has 0 radical (unpaired) electrons. The highest BCUT2D eigenvalue weighted by molar-refractivity contribution is 6.99. The van der Waals surface area contributed by atoms with Gasteiger partial charge in [-0.15, -0.1) is 0 Å². The number of imide groups is 1. The molecule has 1 aliphatic rings. The predicted octanol–water partition coefficient (Wildman–Crippen LogP) is 3.64. The molecule has 1 heterocycles. The normalized spacial score (nSPS) is 18.9. The smallest absolute Gasteiger partial charge is 0.417 e. The second-order valence-electron chi connectivity index (χ2n) is 10.7. The molecule has 1 saturated heterocycles. The van der Waals surface area contributed by atoms with Crippen molar-refractivity contribution < 1.29 is 28.3 Å². The van der Waals surface area contributed by atoms with Crippen LogP contribution in [0.2, 0.25) is 5.04 Å². The lowest BCUT2D eigenvalue weighted by Crippen LogP contribution is -2.68. The van der Waals surface area contributed by atoms with Crippen LogP contribution < -0.4 is 10.4 Å². The summed E-state index contributed by atoms with van der Waals surface area (Å²) >= 11 is 0. The molecular formula is C27H35NO6Si. The molecule has 0 spiro atoms. The van der Waals surface area contributed by atoms with Gasteiger partial charge in [-0.05, 0) is 36.2 Å². The first-order valence-electron chi connectivity index (χ1n) is 11.7. The van der Waals surface area contributed by atoms with Gasteiger partial charge >= 0.3 is 12.1 Å². The van der Waals surface area contributed by atoms with E-state index in [2.05, 4.69) is 20.8 Å². The monoisotopic (exact) mass is 497 g/mol. The van der Waals surface area contributed by atoms with Crippen LogP contribution in [0.5, 0.6) is 0 Å². The lowest BCUT2D eigenvalue weighted by atomic mass is 10.2. The van der Waals surface area contributed by atoms with Crippen molar-refractivity contribution in [3.05, 3.63) is 60.7 Å². The van der Waals surface area contributed by atoms with Gasteiger partial charge in [-0.3, -0.25) is 4.79 Å². The number of rotatable bonds is 5. The number of carbonyl (C=O) groups is 3. The minimum absolute atomic E-state index is 0.00472. The number of amides is 2. The van der Waals surface area contributed by atoms with Crippen molar-refractivity contribution in [2.45, 2.75) is 70.7 Å². The van der Waals surface area contributed by atoms with E-state index < -0.39 is 44.0 Å². The van der Waals surface area contributed by atoms with Crippen LogP contribution in [0.15, 0.2) is 60.7 Å². The second kappa shape index (κ2) is 9.95. The van der Waals surface area contributed by atoms with Crippen molar-refractivity contribution in [3.8, 4) is 0 Å². The van der Waals surface area contributed by atoms with Gasteiger partial charge in [0.1, 0.15) is 17.7 Å². The van der Waals surface area contributed by atoms with Gasteiger partial charge in [0.15, 0.2) is 0 Å². The summed E-state index contributed by atoms with van der Waals surface area (Å²) in [7, 11) is -1.86. The number of ether oxygens (including phenoxy) is 2. The fourth-order valence-electron chi connectivity index (χ4n) is 4.59. The Labute approximate surface area is 208 Å². The first-order valence-corrected chi connectivity index (χ1v) is 13.7. The molecule has 0 aliphatic carbocycles. The number of nitrogens with zero attached hydrogens (tertiary/aromatic N) is 1. The van der Waals surface area contributed by atoms with Crippen LogP contribution in [0, 0.1) is 0 Å². The van der Waals surface area contributed by atoms with Gasteiger partial charge in [-0.2, -0.15) is 0 Å². The molecule has 2 unspecified atom stereocenters. The standard InChI is InChI=1S/C27H35NO6Si/c1-26(2,3)33-25(31)28-21(24(30)32-7)18-22(23(28)29)34-35(27(4,5)6,19-14-10-8-11-15-19)20-16-12-9-13-17-20/h8-17,21-22H,18H2,1-7H3. The lowest BCUT2D eigenvalue weighted by molar-refractivity contribution is -0.149. The summed E-state index contributed by atoms with van der Waals surface area (Å²) < 4.78 is 17.3. The molecule has 3 rings (SSSR count). The highest BCUT2D eigenvalue weighted by atomic mass is 28.4. The molecule has 0 saturated carbocycles. The SMILES string of the molecule is COC(=O)C1CC(O[Si](c2ccccc2)(c2ccccc2)C(C)(C)C)C(=O)N1C(=O)OC(C)(C)C. The van der Waals surface area contributed by atoms with E-state index in [0.29, 0.717) is 0 Å². The highest BCUT2D eigenvalue weighted by Gasteiger charge is 2.57. The van der Waals surface area contributed by atoms with Gasteiger partial charge in [0.2, 0.25) is 0 Å². The van der Waals surface area contributed by atoms with Gasteiger partial charge in [0.05, 0.1) is 7.11 Å². The number of esters is 1. The molecule has 8 heteroatoms. The minimum Gasteiger partial charge on any atom is -0.467 e. The van der Waals surface area contributed by atoms with E-state index in [-0.39, 0.29) is 11.5 Å². The Morgan fingerprint density at radius 1 is 0.886 bits per heavy atom. The van der Waals surface area contributed by atoms with Crippen molar-refractivity contribution in [1.82, 2.24) is 4.90 Å². The summed E-state index contributed by atoms with van der Waals surface area (Å²) in [5.74, 6) is -1.28. The molecule has 1 aliphatic heterocycles. The molecule has 0 aromatic heterocycles. The molecule has 7 nitrogen and oxygen atoms in total. The zero-order valence-electron chi connectivity index (χ0n) is 21.5. The number of likely N-dealkylation sites (tertiary alicyclic amines) is 1. The average Bonchev–Trinajstić information content (AvgIpc) is 3.12. The van der Waals surface area contributed by atoms with Crippen LogP contribution in [0.25, 0.3) is 0 Å². The fraction of sp³-hybridized carbons (Fsp3) is 0.444. The molecule has 188 valence electrons. The van der Waals surface area contributed by atoms with E-state index in [1.54, 1.807) is 20.8 Å². The molecule has 2 atom stereocenters. The van der Waals surface area contributed by atoms with Crippen molar-refractivity contribution in [2.24, 2.45) is 0 Å². The Balaban J connectivity index is 2.12. The van der Waals surface area contributed by atoms with Gasteiger partial charge < -0.3 is 13.9 Å². The maximum Gasteiger partial charge on any atom is 0.417 e. The number of methoxy groups -OCH3 is 1. The summed E-state index contributed by atoms with van der Waals surface area (Å²) in [6.45, 7) is 11.4. The molecule has 2 amide bonds.